The maximum absolute atomic E-state index is 13.4. The summed E-state index contributed by atoms with van der Waals surface area (Å²) in [5.74, 6) is 1.91. The van der Waals surface area contributed by atoms with E-state index < -0.39 is 5.41 Å². The molecule has 4 aliphatic rings. The molecule has 230 valence electrons. The molecule has 0 bridgehead atoms. The first kappa shape index (κ1) is 31.0. The van der Waals surface area contributed by atoms with Crippen LogP contribution in [0.2, 0.25) is 0 Å². The van der Waals surface area contributed by atoms with E-state index in [9.17, 15) is 14.4 Å². The van der Waals surface area contributed by atoms with Gasteiger partial charge in [0, 0.05) is 66.5 Å². The molecule has 3 fully saturated rings. The second kappa shape index (κ2) is 13.0. The summed E-state index contributed by atoms with van der Waals surface area (Å²) in [5, 5.41) is 6.34. The fraction of sp³-hybridized carbons (Fsp3) is 0.656. The average molecular weight is 621 g/mol. The van der Waals surface area contributed by atoms with Crippen molar-refractivity contribution in [3.05, 3.63) is 35.9 Å². The van der Waals surface area contributed by atoms with E-state index in [0.29, 0.717) is 43.6 Å². The second-order valence-corrected chi connectivity index (χ2v) is 13.4. The van der Waals surface area contributed by atoms with E-state index in [2.05, 4.69) is 29.4 Å². The number of halogens is 2. The van der Waals surface area contributed by atoms with Crippen LogP contribution in [0.25, 0.3) is 0 Å². The van der Waals surface area contributed by atoms with Gasteiger partial charge >= 0.3 is 5.97 Å². The second-order valence-electron chi connectivity index (χ2n) is 12.7. The Morgan fingerprint density at radius 3 is 2.52 bits per heavy atom. The zero-order valence-electron chi connectivity index (χ0n) is 24.6. The Morgan fingerprint density at radius 1 is 1.07 bits per heavy atom. The van der Waals surface area contributed by atoms with Gasteiger partial charge in [0.15, 0.2) is 0 Å². The van der Waals surface area contributed by atoms with Crippen LogP contribution in [-0.4, -0.2) is 67.9 Å². The van der Waals surface area contributed by atoms with Gasteiger partial charge in [0.1, 0.15) is 11.9 Å². The quantitative estimate of drug-likeness (QED) is 0.288. The van der Waals surface area contributed by atoms with Crippen LogP contribution in [0.1, 0.15) is 58.8 Å². The lowest BCUT2D eigenvalue weighted by atomic mass is 9.57. The summed E-state index contributed by atoms with van der Waals surface area (Å²) in [5.41, 5.74) is 1.47. The summed E-state index contributed by atoms with van der Waals surface area (Å²) in [6.07, 6.45) is 6.17. The van der Waals surface area contributed by atoms with Crippen molar-refractivity contribution in [2.45, 2.75) is 70.9 Å². The smallest absolute Gasteiger partial charge is 0.309 e. The number of ether oxygens (including phenoxy) is 2. The lowest BCUT2D eigenvalue weighted by Crippen LogP contribution is -2.54. The molecule has 8 nitrogen and oxygen atoms in total. The first-order valence-electron chi connectivity index (χ1n) is 15.3. The number of amides is 2. The number of nitrogens with one attached hydrogen (secondary N) is 2. The Balaban J connectivity index is 1.19. The number of carbonyl (C=O) groups excluding carboxylic acids is 3. The molecule has 10 heteroatoms. The number of rotatable bonds is 10. The molecule has 2 saturated carbocycles. The van der Waals surface area contributed by atoms with E-state index >= 15 is 0 Å². The lowest BCUT2D eigenvalue weighted by molar-refractivity contribution is -0.157. The van der Waals surface area contributed by atoms with Gasteiger partial charge in [-0.2, -0.15) is 0 Å². The first-order valence-corrected chi connectivity index (χ1v) is 16.3. The predicted octanol–water partition coefficient (Wildman–Crippen LogP) is 4.82. The van der Waals surface area contributed by atoms with Gasteiger partial charge in [-0.3, -0.25) is 14.4 Å². The summed E-state index contributed by atoms with van der Waals surface area (Å²) in [6.45, 7) is 6.56. The number of hydrogen-bond acceptors (Lipinski definition) is 6. The number of benzene rings is 1. The first-order chi connectivity index (χ1) is 20.2. The molecule has 6 atom stereocenters. The number of fused-ring (bicyclic) bond motifs is 5. The lowest BCUT2D eigenvalue weighted by Gasteiger charge is -2.50. The SMILES string of the molecule is C[C@]12CC(=O)N[C@H]3[C@@H](CCC4=CC(=O)NCC[C@@]43C)[C@@H]1CC[C@@H]2OC(=O)CCOc1ccc(N(CCCl)CCCl)cc1. The highest BCUT2D eigenvalue weighted by atomic mass is 35.5. The third kappa shape index (κ3) is 6.26. The summed E-state index contributed by atoms with van der Waals surface area (Å²) in [4.78, 5) is 40.7. The van der Waals surface area contributed by atoms with Crippen molar-refractivity contribution in [1.82, 2.24) is 10.6 Å². The Labute approximate surface area is 258 Å². The molecular formula is C32H43Cl2N3O5. The molecule has 1 aromatic carbocycles. The molecule has 1 aromatic rings. The van der Waals surface area contributed by atoms with E-state index in [1.807, 2.05) is 24.3 Å². The summed E-state index contributed by atoms with van der Waals surface area (Å²) in [7, 11) is 0. The van der Waals surface area contributed by atoms with Crippen molar-refractivity contribution in [3.63, 3.8) is 0 Å². The molecule has 2 aliphatic carbocycles. The van der Waals surface area contributed by atoms with Crippen molar-refractivity contribution in [1.29, 1.82) is 0 Å². The van der Waals surface area contributed by atoms with Gasteiger partial charge in [0.2, 0.25) is 11.8 Å². The third-order valence-electron chi connectivity index (χ3n) is 10.3. The van der Waals surface area contributed by atoms with Gasteiger partial charge in [-0.05, 0) is 68.2 Å². The van der Waals surface area contributed by atoms with Crippen LogP contribution >= 0.6 is 23.2 Å². The van der Waals surface area contributed by atoms with E-state index in [4.69, 9.17) is 32.7 Å². The molecule has 0 unspecified atom stereocenters. The van der Waals surface area contributed by atoms with Gasteiger partial charge < -0.3 is 25.0 Å². The molecular weight excluding hydrogens is 577 g/mol. The summed E-state index contributed by atoms with van der Waals surface area (Å²) < 4.78 is 11.9. The van der Waals surface area contributed by atoms with Crippen molar-refractivity contribution in [3.8, 4) is 5.75 Å². The molecule has 2 aliphatic heterocycles. The van der Waals surface area contributed by atoms with Gasteiger partial charge in [-0.25, -0.2) is 0 Å². The molecule has 0 radical (unpaired) electrons. The maximum atomic E-state index is 13.4. The number of alkyl halides is 2. The standard InChI is InChI=1S/C32H43Cl2N3O5/c1-31-12-15-35-27(38)19-21(31)3-8-24-25-9-10-26(32(25,2)20-28(39)36-30(24)31)42-29(40)11-18-41-23-6-4-22(5-7-23)37(16-13-33)17-14-34/h4-7,19,24-26,30H,3,8-18,20H2,1-2H3,(H,35,38)(H,36,39)/t24-,25-,26-,30-,31-,32-/m0/s1. The van der Waals surface area contributed by atoms with Gasteiger partial charge in [0.05, 0.1) is 13.0 Å². The number of anilines is 1. The van der Waals surface area contributed by atoms with Crippen LogP contribution in [-0.2, 0) is 19.1 Å². The number of hydrogen-bond donors (Lipinski definition) is 2. The highest BCUT2D eigenvalue weighted by Crippen LogP contribution is 2.59. The van der Waals surface area contributed by atoms with Gasteiger partial charge in [-0.15, -0.1) is 23.2 Å². The Morgan fingerprint density at radius 2 is 1.81 bits per heavy atom. The number of carbonyl (C=O) groups is 3. The zero-order valence-corrected chi connectivity index (χ0v) is 26.1. The van der Waals surface area contributed by atoms with Crippen LogP contribution in [0.5, 0.6) is 5.75 Å². The Kier molecular flexibility index (Phi) is 9.63. The fourth-order valence-electron chi connectivity index (χ4n) is 8.09. The minimum atomic E-state index is -0.426. The molecule has 1 saturated heterocycles. The van der Waals surface area contributed by atoms with Crippen molar-refractivity contribution in [2.75, 3.05) is 42.9 Å². The minimum absolute atomic E-state index is 0.00592. The maximum Gasteiger partial charge on any atom is 0.309 e. The molecule has 2 N–H and O–H groups in total. The minimum Gasteiger partial charge on any atom is -0.493 e. The van der Waals surface area contributed by atoms with E-state index in [1.165, 1.54) is 0 Å². The van der Waals surface area contributed by atoms with Crippen LogP contribution in [0.15, 0.2) is 35.9 Å². The molecule has 2 amide bonds. The highest BCUT2D eigenvalue weighted by Gasteiger charge is 2.59. The molecule has 2 heterocycles. The van der Waals surface area contributed by atoms with E-state index in [0.717, 1.165) is 43.4 Å². The van der Waals surface area contributed by atoms with Gasteiger partial charge in [0.25, 0.3) is 0 Å². The van der Waals surface area contributed by atoms with Crippen molar-refractivity contribution >= 4 is 46.7 Å². The largest absolute Gasteiger partial charge is 0.493 e. The fourth-order valence-corrected chi connectivity index (χ4v) is 8.50. The monoisotopic (exact) mass is 619 g/mol. The number of esters is 1. The average Bonchev–Trinajstić information content (AvgIpc) is 3.08. The zero-order chi connectivity index (χ0) is 29.9. The normalized spacial score (nSPS) is 32.1. The molecule has 5 rings (SSSR count). The van der Waals surface area contributed by atoms with Crippen LogP contribution in [0.4, 0.5) is 5.69 Å². The van der Waals surface area contributed by atoms with E-state index in [-0.39, 0.29) is 60.2 Å². The predicted molar refractivity (Wildman–Crippen MR) is 164 cm³/mol. The summed E-state index contributed by atoms with van der Waals surface area (Å²) >= 11 is 11.8. The molecule has 42 heavy (non-hydrogen) atoms. The Hall–Kier alpha value is -2.45. The molecule has 0 spiro atoms. The third-order valence-corrected chi connectivity index (χ3v) is 10.6. The van der Waals surface area contributed by atoms with Crippen molar-refractivity contribution in [2.24, 2.45) is 22.7 Å². The number of nitrogens with zero attached hydrogens (tertiary/aromatic N) is 1. The summed E-state index contributed by atoms with van der Waals surface area (Å²) in [6, 6.07) is 7.65. The van der Waals surface area contributed by atoms with Crippen LogP contribution in [0, 0.1) is 22.7 Å². The van der Waals surface area contributed by atoms with Crippen LogP contribution in [0.3, 0.4) is 0 Å². The highest BCUT2D eigenvalue weighted by molar-refractivity contribution is 6.18. The molecule has 0 aromatic heterocycles. The van der Waals surface area contributed by atoms with Crippen molar-refractivity contribution < 1.29 is 23.9 Å². The topological polar surface area (TPSA) is 97.0 Å². The van der Waals surface area contributed by atoms with E-state index in [1.54, 1.807) is 6.08 Å². The van der Waals surface area contributed by atoms with Crippen LogP contribution < -0.4 is 20.3 Å². The van der Waals surface area contributed by atoms with Gasteiger partial charge in [-0.1, -0.05) is 19.4 Å². The Bertz CT molecular complexity index is 1190.